The Balaban J connectivity index is 2.36. The maximum atomic E-state index is 10.9. The number of hydrogen-bond donors (Lipinski definition) is 0. The average molecular weight is 207 g/mol. The van der Waals surface area contributed by atoms with E-state index in [-0.39, 0.29) is 0 Å². The molecule has 0 amide bonds. The van der Waals surface area contributed by atoms with E-state index < -0.39 is 0 Å². The number of hydrogen-bond acceptors (Lipinski definition) is 3. The fourth-order valence-electron chi connectivity index (χ4n) is 1.97. The maximum Gasteiger partial charge on any atom is 0.172 e. The lowest BCUT2D eigenvalue weighted by Gasteiger charge is -2.27. The van der Waals surface area contributed by atoms with Crippen molar-refractivity contribution in [2.24, 2.45) is 0 Å². The van der Waals surface area contributed by atoms with Gasteiger partial charge in [-0.3, -0.25) is 4.79 Å². The quantitative estimate of drug-likeness (QED) is 0.712. The molecule has 1 aromatic rings. The molecule has 4 heteroatoms. The third-order valence-corrected chi connectivity index (χ3v) is 3.37. The molecule has 1 atom stereocenters. The van der Waals surface area contributed by atoms with Crippen LogP contribution in [-0.2, 0) is 0 Å². The molecule has 0 saturated heterocycles. The van der Waals surface area contributed by atoms with Gasteiger partial charge in [0.25, 0.3) is 0 Å². The van der Waals surface area contributed by atoms with Crippen molar-refractivity contribution in [1.82, 2.24) is 15.0 Å². The maximum absolute atomic E-state index is 10.9. The molecule has 2 rings (SSSR count). The number of carbonyl (C=O) groups excluding carboxylic acids is 1. The minimum Gasteiger partial charge on any atom is -0.296 e. The summed E-state index contributed by atoms with van der Waals surface area (Å²) >= 11 is 0. The van der Waals surface area contributed by atoms with Gasteiger partial charge in [0.15, 0.2) is 6.29 Å². The van der Waals surface area contributed by atoms with Crippen LogP contribution in [0.2, 0.25) is 0 Å². The number of rotatable bonds is 4. The molecule has 0 N–H and O–H groups in total. The van der Waals surface area contributed by atoms with E-state index in [1.54, 1.807) is 0 Å². The molecular weight excluding hydrogens is 190 g/mol. The first-order valence-corrected chi connectivity index (χ1v) is 5.68. The van der Waals surface area contributed by atoms with Crippen molar-refractivity contribution in [3.05, 3.63) is 11.4 Å². The Morgan fingerprint density at radius 2 is 2.33 bits per heavy atom. The van der Waals surface area contributed by atoms with Gasteiger partial charge >= 0.3 is 0 Å². The van der Waals surface area contributed by atoms with Crippen LogP contribution in [0.4, 0.5) is 0 Å². The summed E-state index contributed by atoms with van der Waals surface area (Å²) in [6.07, 6.45) is 5.45. The van der Waals surface area contributed by atoms with Gasteiger partial charge < -0.3 is 0 Å². The molecule has 15 heavy (non-hydrogen) atoms. The summed E-state index contributed by atoms with van der Waals surface area (Å²) in [4.78, 5) is 10.9. The molecule has 1 unspecified atom stereocenters. The zero-order valence-electron chi connectivity index (χ0n) is 9.31. The first-order chi connectivity index (χ1) is 7.27. The summed E-state index contributed by atoms with van der Waals surface area (Å²) in [5.41, 5.74) is 1.60. The SMILES string of the molecule is CCC(C)n1nnc(C=O)c1C1CCC1. The van der Waals surface area contributed by atoms with Crippen molar-refractivity contribution in [2.45, 2.75) is 51.5 Å². The van der Waals surface area contributed by atoms with Gasteiger partial charge in [-0.15, -0.1) is 5.10 Å². The molecule has 1 aliphatic carbocycles. The van der Waals surface area contributed by atoms with E-state index >= 15 is 0 Å². The van der Waals surface area contributed by atoms with Crippen LogP contribution >= 0.6 is 0 Å². The number of nitrogens with zero attached hydrogens (tertiary/aromatic N) is 3. The summed E-state index contributed by atoms with van der Waals surface area (Å²) in [7, 11) is 0. The van der Waals surface area contributed by atoms with Crippen molar-refractivity contribution in [3.63, 3.8) is 0 Å². The van der Waals surface area contributed by atoms with Crippen LogP contribution in [0.1, 0.15) is 67.7 Å². The molecule has 1 heterocycles. The summed E-state index contributed by atoms with van der Waals surface area (Å²) in [5, 5.41) is 8.05. The molecular formula is C11H17N3O. The predicted molar refractivity (Wildman–Crippen MR) is 57.0 cm³/mol. The summed E-state index contributed by atoms with van der Waals surface area (Å²) < 4.78 is 1.94. The van der Waals surface area contributed by atoms with E-state index in [1.807, 2.05) is 4.68 Å². The molecule has 0 bridgehead atoms. The van der Waals surface area contributed by atoms with Gasteiger partial charge in [-0.2, -0.15) is 0 Å². The average Bonchev–Trinajstić information content (AvgIpc) is 2.58. The highest BCUT2D eigenvalue weighted by atomic mass is 16.1. The van der Waals surface area contributed by atoms with Crippen LogP contribution in [0, 0.1) is 0 Å². The second-order valence-corrected chi connectivity index (χ2v) is 4.31. The van der Waals surface area contributed by atoms with E-state index in [1.165, 1.54) is 19.3 Å². The number of aromatic nitrogens is 3. The molecule has 1 fully saturated rings. The topological polar surface area (TPSA) is 47.8 Å². The van der Waals surface area contributed by atoms with Crippen molar-refractivity contribution < 1.29 is 4.79 Å². The fraction of sp³-hybridized carbons (Fsp3) is 0.727. The van der Waals surface area contributed by atoms with Gasteiger partial charge in [0.05, 0.1) is 11.7 Å². The molecule has 1 aliphatic rings. The van der Waals surface area contributed by atoms with Crippen LogP contribution in [-0.4, -0.2) is 21.3 Å². The Labute approximate surface area is 89.7 Å². The Morgan fingerprint density at radius 3 is 2.80 bits per heavy atom. The highest BCUT2D eigenvalue weighted by Crippen LogP contribution is 2.38. The smallest absolute Gasteiger partial charge is 0.172 e. The van der Waals surface area contributed by atoms with E-state index in [0.717, 1.165) is 18.4 Å². The standard InChI is InChI=1S/C11H17N3O/c1-3-8(2)14-11(9-5-4-6-9)10(7-15)12-13-14/h7-9H,3-6H2,1-2H3. The lowest BCUT2D eigenvalue weighted by atomic mass is 9.82. The molecule has 0 aliphatic heterocycles. The second kappa shape index (κ2) is 4.13. The number of aldehydes is 1. The molecule has 1 aromatic heterocycles. The van der Waals surface area contributed by atoms with Crippen LogP contribution in [0.25, 0.3) is 0 Å². The minimum atomic E-state index is 0.335. The Hall–Kier alpha value is -1.19. The minimum absolute atomic E-state index is 0.335. The van der Waals surface area contributed by atoms with E-state index in [4.69, 9.17) is 0 Å². The van der Waals surface area contributed by atoms with Crippen LogP contribution < -0.4 is 0 Å². The third kappa shape index (κ3) is 1.68. The van der Waals surface area contributed by atoms with E-state index in [0.29, 0.717) is 17.7 Å². The van der Waals surface area contributed by atoms with Crippen LogP contribution in [0.5, 0.6) is 0 Å². The lowest BCUT2D eigenvalue weighted by Crippen LogP contribution is -2.18. The summed E-state index contributed by atoms with van der Waals surface area (Å²) in [5.74, 6) is 0.509. The Bertz CT molecular complexity index is 355. The van der Waals surface area contributed by atoms with Gasteiger partial charge in [0.1, 0.15) is 5.69 Å². The summed E-state index contributed by atoms with van der Waals surface area (Å²) in [6.45, 7) is 4.24. The van der Waals surface area contributed by atoms with E-state index in [2.05, 4.69) is 24.2 Å². The van der Waals surface area contributed by atoms with Crippen LogP contribution in [0.15, 0.2) is 0 Å². The predicted octanol–water partition coefficient (Wildman–Crippen LogP) is 2.33. The number of carbonyl (C=O) groups is 1. The lowest BCUT2D eigenvalue weighted by molar-refractivity contribution is 0.111. The van der Waals surface area contributed by atoms with Crippen molar-refractivity contribution in [1.29, 1.82) is 0 Å². The largest absolute Gasteiger partial charge is 0.296 e. The van der Waals surface area contributed by atoms with Crippen molar-refractivity contribution in [3.8, 4) is 0 Å². The second-order valence-electron chi connectivity index (χ2n) is 4.31. The molecule has 82 valence electrons. The molecule has 0 radical (unpaired) electrons. The first-order valence-electron chi connectivity index (χ1n) is 5.68. The van der Waals surface area contributed by atoms with Crippen molar-refractivity contribution >= 4 is 6.29 Å². The zero-order chi connectivity index (χ0) is 10.8. The van der Waals surface area contributed by atoms with Gasteiger partial charge in [-0.1, -0.05) is 18.6 Å². The summed E-state index contributed by atoms with van der Waals surface area (Å²) in [6, 6.07) is 0.335. The van der Waals surface area contributed by atoms with Gasteiger partial charge in [0.2, 0.25) is 0 Å². The molecule has 1 saturated carbocycles. The third-order valence-electron chi connectivity index (χ3n) is 3.37. The first kappa shape index (κ1) is 10.3. The van der Waals surface area contributed by atoms with Crippen molar-refractivity contribution in [2.75, 3.05) is 0 Å². The highest BCUT2D eigenvalue weighted by molar-refractivity contribution is 5.73. The van der Waals surface area contributed by atoms with E-state index in [9.17, 15) is 4.79 Å². The fourth-order valence-corrected chi connectivity index (χ4v) is 1.97. The molecule has 0 aromatic carbocycles. The monoisotopic (exact) mass is 207 g/mol. The molecule has 0 spiro atoms. The van der Waals surface area contributed by atoms with Gasteiger partial charge in [-0.05, 0) is 26.2 Å². The molecule has 4 nitrogen and oxygen atoms in total. The van der Waals surface area contributed by atoms with Gasteiger partial charge in [-0.25, -0.2) is 4.68 Å². The highest BCUT2D eigenvalue weighted by Gasteiger charge is 2.28. The van der Waals surface area contributed by atoms with Gasteiger partial charge in [0, 0.05) is 5.92 Å². The Morgan fingerprint density at radius 1 is 1.60 bits per heavy atom. The zero-order valence-corrected chi connectivity index (χ0v) is 9.31. The normalized spacial score (nSPS) is 18.5. The van der Waals surface area contributed by atoms with Crippen LogP contribution in [0.3, 0.4) is 0 Å². The Kier molecular flexibility index (Phi) is 2.84.